The first-order chi connectivity index (χ1) is 6.33. The van der Waals surface area contributed by atoms with Gasteiger partial charge in [0.2, 0.25) is 6.34 Å². The van der Waals surface area contributed by atoms with Crippen LogP contribution in [0.1, 0.15) is 13.3 Å². The number of likely N-dealkylation sites (N-methyl/N-ethyl adjacent to an activating group) is 1. The van der Waals surface area contributed by atoms with Crippen molar-refractivity contribution in [2.45, 2.75) is 13.3 Å². The average Bonchev–Trinajstić information content (AvgIpc) is 2.32. The average molecular weight is 325 g/mol. The van der Waals surface area contributed by atoms with Crippen molar-refractivity contribution in [2.75, 3.05) is 26.7 Å². The van der Waals surface area contributed by atoms with Gasteiger partial charge in [0.05, 0.1) is 13.6 Å². The number of rotatable bonds is 2. The van der Waals surface area contributed by atoms with Crippen LogP contribution < -0.4 is 0 Å². The van der Waals surface area contributed by atoms with Gasteiger partial charge in [0.1, 0.15) is 13.1 Å². The Kier molecular flexibility index (Phi) is 8.04. The van der Waals surface area contributed by atoms with Crippen molar-refractivity contribution >= 4 is 46.7 Å². The molecule has 0 aromatic carbocycles. The standard InChI is InChI=1S/C7H15N2.4ClH.Fe/c1-3-4-9-6-5-8(2)7-9;;;;;/h7H,3-6H2,1-2H3;4*1H;/q+1;;;;;+3/p-4. The van der Waals surface area contributed by atoms with E-state index in [1.165, 1.54) is 26.1 Å². The van der Waals surface area contributed by atoms with E-state index in [-0.39, 0.29) is 0 Å². The maximum atomic E-state index is 4.95. The van der Waals surface area contributed by atoms with Crippen LogP contribution in [0.2, 0.25) is 0 Å². The van der Waals surface area contributed by atoms with Gasteiger partial charge in [-0.15, -0.1) is 0 Å². The maximum absolute atomic E-state index is 4.95. The van der Waals surface area contributed by atoms with Crippen LogP contribution in [-0.2, 0) is 9.20 Å². The number of hydrogen-bond donors (Lipinski definition) is 0. The summed E-state index contributed by atoms with van der Waals surface area (Å²) in [5.74, 6) is 0. The van der Waals surface area contributed by atoms with Gasteiger partial charge in [0.25, 0.3) is 0 Å². The van der Waals surface area contributed by atoms with E-state index in [0.717, 1.165) is 0 Å². The van der Waals surface area contributed by atoms with E-state index >= 15 is 0 Å². The second-order valence-corrected chi connectivity index (χ2v) is 13.9. The summed E-state index contributed by atoms with van der Waals surface area (Å²) in [6.07, 6.45) is 3.45. The Labute approximate surface area is 105 Å². The van der Waals surface area contributed by atoms with Gasteiger partial charge in [-0.05, 0) is 6.42 Å². The summed E-state index contributed by atoms with van der Waals surface area (Å²) in [7, 11) is 19.3. The molecule has 0 aromatic rings. The fourth-order valence-corrected chi connectivity index (χ4v) is 1.14. The van der Waals surface area contributed by atoms with Gasteiger partial charge < -0.3 is 0 Å². The van der Waals surface area contributed by atoms with Crippen molar-refractivity contribution in [3.8, 4) is 0 Å². The van der Waals surface area contributed by atoms with Crippen LogP contribution in [0, 0.1) is 0 Å². The molecular weight excluding hydrogens is 310 g/mol. The molecule has 2 nitrogen and oxygen atoms in total. The number of hydrogen-bond acceptors (Lipinski definition) is 1. The van der Waals surface area contributed by atoms with Crippen LogP contribution in [0.4, 0.5) is 0 Å². The van der Waals surface area contributed by atoms with Crippen molar-refractivity contribution in [1.29, 1.82) is 0 Å². The fourth-order valence-electron chi connectivity index (χ4n) is 1.14. The predicted octanol–water partition coefficient (Wildman–Crippen LogP) is 3.14. The molecule has 0 bridgehead atoms. The van der Waals surface area contributed by atoms with Crippen LogP contribution in [-0.4, -0.2) is 42.5 Å². The predicted molar refractivity (Wildman–Crippen MR) is 62.4 cm³/mol. The summed E-state index contributed by atoms with van der Waals surface area (Å²) in [5, 5.41) is 0. The number of halogens is 4. The van der Waals surface area contributed by atoms with Crippen LogP contribution in [0.25, 0.3) is 0 Å². The van der Waals surface area contributed by atoms with E-state index in [0.29, 0.717) is 0 Å². The molecule has 14 heavy (non-hydrogen) atoms. The Morgan fingerprint density at radius 3 is 2.14 bits per heavy atom. The van der Waals surface area contributed by atoms with Gasteiger partial charge in [-0.3, -0.25) is 9.48 Å². The van der Waals surface area contributed by atoms with Crippen LogP contribution in [0.5, 0.6) is 0 Å². The molecule has 0 saturated carbocycles. The topological polar surface area (TPSA) is 6.25 Å². The van der Waals surface area contributed by atoms with E-state index in [1.54, 1.807) is 0 Å². The molecule has 0 radical (unpaired) electrons. The van der Waals surface area contributed by atoms with Crippen LogP contribution in [0.3, 0.4) is 0 Å². The zero-order chi connectivity index (χ0) is 11.2. The van der Waals surface area contributed by atoms with Gasteiger partial charge in [0.15, 0.2) is 0 Å². The Morgan fingerprint density at radius 1 is 1.36 bits per heavy atom. The summed E-state index contributed by atoms with van der Waals surface area (Å²) >= 11 is 0. The van der Waals surface area contributed by atoms with Crippen LogP contribution in [0.15, 0.2) is 0 Å². The third-order valence-corrected chi connectivity index (χ3v) is 1.61. The zero-order valence-corrected chi connectivity index (χ0v) is 12.3. The Bertz CT molecular complexity index is 187. The summed E-state index contributed by atoms with van der Waals surface area (Å²) < 4.78 is 2.23. The third kappa shape index (κ3) is 11.2. The van der Waals surface area contributed by atoms with Crippen molar-refractivity contribution in [3.05, 3.63) is 0 Å². The number of nitrogens with zero attached hydrogens (tertiary/aromatic N) is 2. The van der Waals surface area contributed by atoms with E-state index in [4.69, 9.17) is 40.4 Å². The first-order valence-corrected chi connectivity index (χ1v) is 10.2. The Hall–Kier alpha value is 1.15. The van der Waals surface area contributed by atoms with E-state index in [2.05, 4.69) is 29.8 Å². The van der Waals surface area contributed by atoms with Crippen molar-refractivity contribution < 1.29 is 13.8 Å². The molecule has 0 fully saturated rings. The molecule has 0 unspecified atom stereocenters. The fraction of sp³-hybridized carbons (Fsp3) is 0.857. The van der Waals surface area contributed by atoms with Crippen molar-refractivity contribution in [1.82, 2.24) is 4.90 Å². The SMILES string of the molecule is CCCN1C=[N+](C)CC1.[Cl][Fe-]([Cl])([Cl])[Cl]. The molecule has 0 aromatic heterocycles. The molecule has 0 spiro atoms. The molecular formula is C7H15Cl4FeN2. The zero-order valence-electron chi connectivity index (χ0n) is 8.17. The molecule has 89 valence electrons. The van der Waals surface area contributed by atoms with Gasteiger partial charge in [-0.2, -0.15) is 0 Å². The molecule has 0 saturated heterocycles. The summed E-state index contributed by atoms with van der Waals surface area (Å²) in [6.45, 7) is 5.83. The Morgan fingerprint density at radius 2 is 1.86 bits per heavy atom. The van der Waals surface area contributed by atoms with Gasteiger partial charge in [-0.1, -0.05) is 6.92 Å². The van der Waals surface area contributed by atoms with Crippen molar-refractivity contribution in [2.24, 2.45) is 0 Å². The van der Waals surface area contributed by atoms with E-state index in [1.807, 2.05) is 0 Å². The monoisotopic (exact) mass is 323 g/mol. The first kappa shape index (κ1) is 15.1. The quantitative estimate of drug-likeness (QED) is 0.559. The van der Waals surface area contributed by atoms with Crippen molar-refractivity contribution in [3.63, 3.8) is 0 Å². The molecule has 0 aliphatic carbocycles. The second kappa shape index (κ2) is 7.43. The molecule has 1 heterocycles. The molecule has 0 atom stereocenters. The molecule has 1 rings (SSSR count). The third-order valence-electron chi connectivity index (χ3n) is 1.61. The van der Waals surface area contributed by atoms with Gasteiger partial charge in [0, 0.05) is 0 Å². The summed E-state index contributed by atoms with van der Waals surface area (Å²) in [4.78, 5) is 2.36. The first-order valence-electron chi connectivity index (χ1n) is 4.15. The Balaban J connectivity index is 0.000000292. The van der Waals surface area contributed by atoms with Gasteiger partial charge in [-0.25, -0.2) is 0 Å². The minimum absolute atomic E-state index is 1.19. The molecule has 0 N–H and O–H groups in total. The molecule has 0 amide bonds. The molecule has 1 aliphatic heterocycles. The second-order valence-electron chi connectivity index (χ2n) is 2.94. The van der Waals surface area contributed by atoms with Crippen LogP contribution >= 0.6 is 40.4 Å². The van der Waals surface area contributed by atoms with E-state index in [9.17, 15) is 0 Å². The van der Waals surface area contributed by atoms with Gasteiger partial charge >= 0.3 is 49.6 Å². The normalized spacial score (nSPS) is 17.3. The summed E-state index contributed by atoms with van der Waals surface area (Å²) in [5.41, 5.74) is 0. The minimum atomic E-state index is -2.61. The molecule has 1 aliphatic rings. The molecule has 7 heteroatoms. The van der Waals surface area contributed by atoms with E-state index < -0.39 is 9.20 Å². The summed E-state index contributed by atoms with van der Waals surface area (Å²) in [6, 6.07) is 0.